The van der Waals surface area contributed by atoms with Crippen LogP contribution in [0.2, 0.25) is 0 Å². The molecule has 0 saturated heterocycles. The number of hydrogen-bond acceptors (Lipinski definition) is 0. The van der Waals surface area contributed by atoms with Crippen molar-refractivity contribution in [2.75, 3.05) is 14.1 Å². The zero-order chi connectivity index (χ0) is 8.32. The van der Waals surface area contributed by atoms with Crippen molar-refractivity contribution >= 4 is 11.8 Å². The van der Waals surface area contributed by atoms with Gasteiger partial charge in [-0.1, -0.05) is 30.3 Å². The molecule has 60 valence electrons. The maximum absolute atomic E-state index is 6.01. The van der Waals surface area contributed by atoms with Crippen molar-refractivity contribution < 1.29 is 4.00 Å². The lowest BCUT2D eigenvalue weighted by atomic mass is 10.2. The zero-order valence-electron chi connectivity index (χ0n) is 6.92. The number of benzene rings is 1. The Balaban J connectivity index is 2.66. The van der Waals surface area contributed by atoms with Crippen molar-refractivity contribution in [2.45, 2.75) is 6.54 Å². The van der Waals surface area contributed by atoms with Gasteiger partial charge in [0.1, 0.15) is 6.54 Å². The summed E-state index contributed by atoms with van der Waals surface area (Å²) in [6.45, 7) is 0.863. The van der Waals surface area contributed by atoms with Crippen molar-refractivity contribution in [1.82, 2.24) is 0 Å². The van der Waals surface area contributed by atoms with Gasteiger partial charge >= 0.3 is 0 Å². The van der Waals surface area contributed by atoms with E-state index in [4.69, 9.17) is 11.8 Å². The predicted molar refractivity (Wildman–Crippen MR) is 48.1 cm³/mol. The third-order valence-electron chi connectivity index (χ3n) is 1.40. The molecule has 0 spiro atoms. The average molecular weight is 171 g/mol. The lowest BCUT2D eigenvalue weighted by Gasteiger charge is -2.17. The lowest BCUT2D eigenvalue weighted by molar-refractivity contribution is -0.786. The monoisotopic (exact) mass is 170 g/mol. The summed E-state index contributed by atoms with van der Waals surface area (Å²) in [4.78, 5) is 0. The van der Waals surface area contributed by atoms with Crippen molar-refractivity contribution in [2.24, 2.45) is 0 Å². The first kappa shape index (κ1) is 8.57. The Bertz CT molecular complexity index is 213. The highest BCUT2D eigenvalue weighted by molar-refractivity contribution is 6.06. The molecule has 11 heavy (non-hydrogen) atoms. The topological polar surface area (TPSA) is 0 Å². The smallest absolute Gasteiger partial charge is 0.165 e. The SMILES string of the molecule is C[N+](C)(Cl)Cc1ccccc1. The summed E-state index contributed by atoms with van der Waals surface area (Å²) in [5.74, 6) is 0. The van der Waals surface area contributed by atoms with Gasteiger partial charge in [0.25, 0.3) is 0 Å². The first-order chi connectivity index (χ1) is 5.08. The number of hydrogen-bond donors (Lipinski definition) is 0. The Morgan fingerprint density at radius 1 is 1.18 bits per heavy atom. The van der Waals surface area contributed by atoms with E-state index in [9.17, 15) is 0 Å². The van der Waals surface area contributed by atoms with E-state index < -0.39 is 0 Å². The molecule has 1 nitrogen and oxygen atoms in total. The Hall–Kier alpha value is -0.530. The highest BCUT2D eigenvalue weighted by Gasteiger charge is 2.11. The Morgan fingerprint density at radius 3 is 2.18 bits per heavy atom. The van der Waals surface area contributed by atoms with E-state index in [1.54, 1.807) is 0 Å². The molecule has 0 bridgehead atoms. The van der Waals surface area contributed by atoms with Gasteiger partial charge in [-0.05, 0) is 0 Å². The number of nitrogens with zero attached hydrogens (tertiary/aromatic N) is 1. The second kappa shape index (κ2) is 3.24. The summed E-state index contributed by atoms with van der Waals surface area (Å²) < 4.78 is 0.462. The van der Waals surface area contributed by atoms with Gasteiger partial charge in [0.15, 0.2) is 11.8 Å². The molecule has 0 radical (unpaired) electrons. The van der Waals surface area contributed by atoms with E-state index in [2.05, 4.69) is 12.1 Å². The van der Waals surface area contributed by atoms with Crippen LogP contribution in [-0.4, -0.2) is 18.1 Å². The van der Waals surface area contributed by atoms with Crippen LogP contribution in [0.15, 0.2) is 30.3 Å². The van der Waals surface area contributed by atoms with Crippen LogP contribution in [0.5, 0.6) is 0 Å². The van der Waals surface area contributed by atoms with Gasteiger partial charge in [-0.15, -0.1) is 0 Å². The van der Waals surface area contributed by atoms with Crippen molar-refractivity contribution in [3.05, 3.63) is 35.9 Å². The molecular formula is C9H13ClN+. The summed E-state index contributed by atoms with van der Waals surface area (Å²) in [5, 5.41) is 0. The van der Waals surface area contributed by atoms with Crippen molar-refractivity contribution in [3.8, 4) is 0 Å². The van der Waals surface area contributed by atoms with Gasteiger partial charge in [0.05, 0.1) is 14.1 Å². The van der Waals surface area contributed by atoms with Gasteiger partial charge in [-0.2, -0.15) is 0 Å². The van der Waals surface area contributed by atoms with Crippen LogP contribution in [0, 0.1) is 0 Å². The van der Waals surface area contributed by atoms with E-state index in [-0.39, 0.29) is 0 Å². The maximum Gasteiger partial charge on any atom is 0.165 e. The standard InChI is InChI=1S/C9H13ClN/c1-11(2,10)8-9-6-4-3-5-7-9/h3-7H,8H2,1-2H3/q+1. The lowest BCUT2D eigenvalue weighted by Crippen LogP contribution is -2.26. The van der Waals surface area contributed by atoms with Crippen LogP contribution in [0.25, 0.3) is 0 Å². The van der Waals surface area contributed by atoms with Gasteiger partial charge in [-0.3, -0.25) is 0 Å². The molecule has 0 aliphatic heterocycles. The minimum atomic E-state index is 0.462. The van der Waals surface area contributed by atoms with Gasteiger partial charge in [0.2, 0.25) is 0 Å². The van der Waals surface area contributed by atoms with E-state index in [0.29, 0.717) is 4.00 Å². The minimum Gasteiger partial charge on any atom is -0.223 e. The van der Waals surface area contributed by atoms with Crippen LogP contribution in [0.4, 0.5) is 0 Å². The predicted octanol–water partition coefficient (Wildman–Crippen LogP) is 2.42. The van der Waals surface area contributed by atoms with Crippen molar-refractivity contribution in [3.63, 3.8) is 0 Å². The Labute approximate surface area is 72.9 Å². The molecule has 0 aromatic heterocycles. The molecule has 0 unspecified atom stereocenters. The van der Waals surface area contributed by atoms with E-state index in [1.807, 2.05) is 32.3 Å². The highest BCUT2D eigenvalue weighted by atomic mass is 35.5. The molecule has 0 amide bonds. The van der Waals surface area contributed by atoms with Crippen LogP contribution < -0.4 is 0 Å². The largest absolute Gasteiger partial charge is 0.223 e. The second-order valence-corrected chi connectivity index (χ2v) is 4.10. The molecule has 0 aliphatic rings. The normalized spacial score (nSPS) is 11.5. The fourth-order valence-electron chi connectivity index (χ4n) is 1.02. The Kier molecular flexibility index (Phi) is 2.53. The number of halogens is 1. The van der Waals surface area contributed by atoms with Crippen LogP contribution in [-0.2, 0) is 6.54 Å². The minimum absolute atomic E-state index is 0.462. The second-order valence-electron chi connectivity index (χ2n) is 3.18. The van der Waals surface area contributed by atoms with Crippen molar-refractivity contribution in [1.29, 1.82) is 0 Å². The summed E-state index contributed by atoms with van der Waals surface area (Å²) in [6.07, 6.45) is 0. The molecular weight excluding hydrogens is 158 g/mol. The first-order valence-corrected chi connectivity index (χ1v) is 3.98. The van der Waals surface area contributed by atoms with E-state index in [0.717, 1.165) is 6.54 Å². The maximum atomic E-state index is 6.01. The van der Waals surface area contributed by atoms with Gasteiger partial charge in [-0.25, -0.2) is 4.00 Å². The van der Waals surface area contributed by atoms with Gasteiger partial charge in [0, 0.05) is 5.56 Å². The Morgan fingerprint density at radius 2 is 1.73 bits per heavy atom. The molecule has 1 aromatic rings. The summed E-state index contributed by atoms with van der Waals surface area (Å²) in [5.41, 5.74) is 1.27. The van der Waals surface area contributed by atoms with Crippen LogP contribution >= 0.6 is 11.8 Å². The molecule has 0 fully saturated rings. The molecule has 0 heterocycles. The molecule has 1 aromatic carbocycles. The zero-order valence-corrected chi connectivity index (χ0v) is 7.67. The van der Waals surface area contributed by atoms with E-state index in [1.165, 1.54) is 5.56 Å². The fraction of sp³-hybridized carbons (Fsp3) is 0.333. The quantitative estimate of drug-likeness (QED) is 0.598. The molecule has 1 rings (SSSR count). The molecule has 0 N–H and O–H groups in total. The third-order valence-corrected chi connectivity index (χ3v) is 1.52. The average Bonchev–Trinajstić information content (AvgIpc) is 1.85. The number of rotatable bonds is 2. The fourth-order valence-corrected chi connectivity index (χ4v) is 1.16. The first-order valence-electron chi connectivity index (χ1n) is 3.64. The third kappa shape index (κ3) is 3.40. The molecule has 0 atom stereocenters. The molecule has 0 aliphatic carbocycles. The summed E-state index contributed by atoms with van der Waals surface area (Å²) in [7, 11) is 3.93. The molecule has 0 saturated carbocycles. The van der Waals surface area contributed by atoms with E-state index >= 15 is 0 Å². The van der Waals surface area contributed by atoms with Gasteiger partial charge < -0.3 is 0 Å². The summed E-state index contributed by atoms with van der Waals surface area (Å²) in [6, 6.07) is 10.2. The van der Waals surface area contributed by atoms with Crippen LogP contribution in [0.1, 0.15) is 5.56 Å². The number of quaternary nitrogens is 1. The summed E-state index contributed by atoms with van der Waals surface area (Å²) >= 11 is 6.01. The van der Waals surface area contributed by atoms with Crippen LogP contribution in [0.3, 0.4) is 0 Å². The molecule has 2 heteroatoms. The highest BCUT2D eigenvalue weighted by Crippen LogP contribution is 2.10.